The maximum absolute atomic E-state index is 12.0. The van der Waals surface area contributed by atoms with E-state index < -0.39 is 24.8 Å². The Morgan fingerprint density at radius 1 is 1.36 bits per heavy atom. The van der Waals surface area contributed by atoms with Crippen molar-refractivity contribution in [2.24, 2.45) is 0 Å². The zero-order chi connectivity index (χ0) is 15.9. The van der Waals surface area contributed by atoms with Crippen LogP contribution in [0.2, 0.25) is 0 Å². The van der Waals surface area contributed by atoms with Gasteiger partial charge in [-0.25, -0.2) is 0 Å². The van der Waals surface area contributed by atoms with Gasteiger partial charge in [0.25, 0.3) is 0 Å². The lowest BCUT2D eigenvalue weighted by Crippen LogP contribution is -2.37. The lowest BCUT2D eigenvalue weighted by molar-refractivity contribution is -0.187. The predicted octanol–water partition coefficient (Wildman–Crippen LogP) is 2.74. The Bertz CT molecular complexity index is 469. The molecule has 1 rings (SSSR count). The highest BCUT2D eigenvalue weighted by molar-refractivity contribution is 5.85. The molecule has 0 saturated carbocycles. The standard InChI is InChI=1S/C14H18F3NO3.ClH/c1-18-12(13(19)21-9-14(15,16)17)7-6-10-4-3-5-11(8-10)20-2;/h3-5,8,12,18H,6-7,9H2,1-2H3;1H/t12-;/m0./s1. The maximum Gasteiger partial charge on any atom is 0.422 e. The smallest absolute Gasteiger partial charge is 0.422 e. The van der Waals surface area contributed by atoms with Crippen LogP contribution in [0.25, 0.3) is 0 Å². The van der Waals surface area contributed by atoms with E-state index in [1.54, 1.807) is 13.2 Å². The Kier molecular flexibility index (Phi) is 8.89. The third-order valence-electron chi connectivity index (χ3n) is 2.87. The molecule has 0 aliphatic rings. The van der Waals surface area contributed by atoms with Gasteiger partial charge in [-0.05, 0) is 37.6 Å². The summed E-state index contributed by atoms with van der Waals surface area (Å²) >= 11 is 0. The molecule has 0 bridgehead atoms. The zero-order valence-corrected chi connectivity index (χ0v) is 13.1. The largest absolute Gasteiger partial charge is 0.497 e. The third kappa shape index (κ3) is 7.51. The van der Waals surface area contributed by atoms with Crippen LogP contribution >= 0.6 is 12.4 Å². The molecule has 1 aromatic carbocycles. The highest BCUT2D eigenvalue weighted by atomic mass is 35.5. The van der Waals surface area contributed by atoms with Gasteiger partial charge in [-0.3, -0.25) is 4.79 Å². The third-order valence-corrected chi connectivity index (χ3v) is 2.87. The van der Waals surface area contributed by atoms with Crippen molar-refractivity contribution in [3.63, 3.8) is 0 Å². The lowest BCUT2D eigenvalue weighted by Gasteiger charge is -2.16. The van der Waals surface area contributed by atoms with Crippen LogP contribution in [0.4, 0.5) is 13.2 Å². The molecule has 1 atom stereocenters. The first kappa shape index (κ1) is 20.5. The molecule has 4 nitrogen and oxygen atoms in total. The van der Waals surface area contributed by atoms with Gasteiger partial charge in [-0.1, -0.05) is 12.1 Å². The molecule has 0 aliphatic carbocycles. The van der Waals surface area contributed by atoms with E-state index in [2.05, 4.69) is 10.1 Å². The van der Waals surface area contributed by atoms with Gasteiger partial charge in [0.05, 0.1) is 7.11 Å². The summed E-state index contributed by atoms with van der Waals surface area (Å²) in [4.78, 5) is 11.6. The van der Waals surface area contributed by atoms with E-state index in [1.807, 2.05) is 18.2 Å². The van der Waals surface area contributed by atoms with Crippen molar-refractivity contribution in [2.75, 3.05) is 20.8 Å². The molecule has 8 heteroatoms. The Labute approximate surface area is 133 Å². The molecule has 1 aromatic rings. The van der Waals surface area contributed by atoms with Crippen LogP contribution in [0.3, 0.4) is 0 Å². The van der Waals surface area contributed by atoms with Crippen LogP contribution in [0.5, 0.6) is 5.75 Å². The Balaban J connectivity index is 0.00000441. The van der Waals surface area contributed by atoms with E-state index in [4.69, 9.17) is 4.74 Å². The molecular formula is C14H19ClF3NO3. The Morgan fingerprint density at radius 3 is 2.59 bits per heavy atom. The number of benzene rings is 1. The van der Waals surface area contributed by atoms with Gasteiger partial charge in [0.1, 0.15) is 11.8 Å². The van der Waals surface area contributed by atoms with Gasteiger partial charge in [-0.2, -0.15) is 13.2 Å². The highest BCUT2D eigenvalue weighted by Gasteiger charge is 2.31. The molecule has 0 fully saturated rings. The van der Waals surface area contributed by atoms with Crippen LogP contribution < -0.4 is 10.1 Å². The number of likely N-dealkylation sites (N-methyl/N-ethyl adjacent to an activating group) is 1. The Hall–Kier alpha value is -1.47. The van der Waals surface area contributed by atoms with E-state index in [1.165, 1.54) is 7.05 Å². The van der Waals surface area contributed by atoms with Gasteiger partial charge in [0.15, 0.2) is 6.61 Å². The number of methoxy groups -OCH3 is 1. The number of halogens is 4. The summed E-state index contributed by atoms with van der Waals surface area (Å²) in [6, 6.07) is 6.49. The van der Waals surface area contributed by atoms with Gasteiger partial charge >= 0.3 is 12.1 Å². The summed E-state index contributed by atoms with van der Waals surface area (Å²) in [5.41, 5.74) is 0.929. The number of nitrogens with one attached hydrogen (secondary N) is 1. The summed E-state index contributed by atoms with van der Waals surface area (Å²) in [5, 5.41) is 2.66. The minimum atomic E-state index is -4.51. The summed E-state index contributed by atoms with van der Waals surface area (Å²) in [7, 11) is 3.05. The molecule has 22 heavy (non-hydrogen) atoms. The molecule has 0 unspecified atom stereocenters. The van der Waals surface area contributed by atoms with Crippen molar-refractivity contribution in [3.8, 4) is 5.75 Å². The maximum atomic E-state index is 12.0. The fourth-order valence-electron chi connectivity index (χ4n) is 1.77. The number of alkyl halides is 3. The first-order chi connectivity index (χ1) is 9.85. The average Bonchev–Trinajstić information content (AvgIpc) is 2.45. The lowest BCUT2D eigenvalue weighted by atomic mass is 10.1. The second kappa shape index (κ2) is 9.53. The van der Waals surface area contributed by atoms with Crippen LogP contribution in [-0.4, -0.2) is 39.0 Å². The van der Waals surface area contributed by atoms with Crippen molar-refractivity contribution >= 4 is 18.4 Å². The average molecular weight is 342 g/mol. The number of aryl methyl sites for hydroxylation is 1. The molecule has 0 aromatic heterocycles. The van der Waals surface area contributed by atoms with E-state index in [-0.39, 0.29) is 12.4 Å². The number of esters is 1. The van der Waals surface area contributed by atoms with Gasteiger partial charge in [-0.15, -0.1) is 12.4 Å². The van der Waals surface area contributed by atoms with E-state index >= 15 is 0 Å². The molecule has 0 amide bonds. The molecular weight excluding hydrogens is 323 g/mol. The van der Waals surface area contributed by atoms with Crippen LogP contribution in [-0.2, 0) is 16.0 Å². The molecule has 0 heterocycles. The molecule has 0 aliphatic heterocycles. The second-order valence-electron chi connectivity index (χ2n) is 4.45. The van der Waals surface area contributed by atoms with Crippen LogP contribution in [0.1, 0.15) is 12.0 Å². The molecule has 126 valence electrons. The van der Waals surface area contributed by atoms with Crippen molar-refractivity contribution in [2.45, 2.75) is 25.1 Å². The number of carbonyl (C=O) groups excluding carboxylic acids is 1. The van der Waals surface area contributed by atoms with E-state index in [9.17, 15) is 18.0 Å². The van der Waals surface area contributed by atoms with Gasteiger partial charge in [0.2, 0.25) is 0 Å². The van der Waals surface area contributed by atoms with Crippen molar-refractivity contribution < 1.29 is 27.4 Å². The number of ether oxygens (including phenoxy) is 2. The highest BCUT2D eigenvalue weighted by Crippen LogP contribution is 2.17. The number of hydrogen-bond donors (Lipinski definition) is 1. The first-order valence-electron chi connectivity index (χ1n) is 6.39. The van der Waals surface area contributed by atoms with Crippen LogP contribution in [0.15, 0.2) is 24.3 Å². The van der Waals surface area contributed by atoms with Crippen molar-refractivity contribution in [1.29, 1.82) is 0 Å². The molecule has 1 N–H and O–H groups in total. The topological polar surface area (TPSA) is 47.6 Å². The van der Waals surface area contributed by atoms with E-state index in [0.29, 0.717) is 18.6 Å². The summed E-state index contributed by atoms with van der Waals surface area (Å²) in [6.07, 6.45) is -3.66. The monoisotopic (exact) mass is 341 g/mol. The first-order valence-corrected chi connectivity index (χ1v) is 6.39. The quantitative estimate of drug-likeness (QED) is 0.775. The van der Waals surface area contributed by atoms with Crippen LogP contribution in [0, 0.1) is 0 Å². The summed E-state index contributed by atoms with van der Waals surface area (Å²) < 4.78 is 45.3. The normalized spacial score (nSPS) is 12.2. The Morgan fingerprint density at radius 2 is 2.05 bits per heavy atom. The molecule has 0 spiro atoms. The summed E-state index contributed by atoms with van der Waals surface area (Å²) in [5.74, 6) is -0.217. The zero-order valence-electron chi connectivity index (χ0n) is 12.3. The minimum absolute atomic E-state index is 0. The van der Waals surface area contributed by atoms with E-state index in [0.717, 1.165) is 5.56 Å². The minimum Gasteiger partial charge on any atom is -0.497 e. The molecule has 0 radical (unpaired) electrons. The number of hydrogen-bond acceptors (Lipinski definition) is 4. The SMILES string of the molecule is CN[C@@H](CCc1cccc(OC)c1)C(=O)OCC(F)(F)F.Cl. The fraction of sp³-hybridized carbons (Fsp3) is 0.500. The van der Waals surface area contributed by atoms with Crippen molar-refractivity contribution in [3.05, 3.63) is 29.8 Å². The second-order valence-corrected chi connectivity index (χ2v) is 4.45. The fourth-order valence-corrected chi connectivity index (χ4v) is 1.77. The predicted molar refractivity (Wildman–Crippen MR) is 78.4 cm³/mol. The number of carbonyl (C=O) groups is 1. The van der Waals surface area contributed by atoms with Crippen molar-refractivity contribution in [1.82, 2.24) is 5.32 Å². The van der Waals surface area contributed by atoms with Gasteiger partial charge < -0.3 is 14.8 Å². The van der Waals surface area contributed by atoms with Gasteiger partial charge in [0, 0.05) is 0 Å². The summed E-state index contributed by atoms with van der Waals surface area (Å²) in [6.45, 7) is -1.57. The number of rotatable bonds is 7. The molecule has 0 saturated heterocycles.